The van der Waals surface area contributed by atoms with Crippen molar-refractivity contribution in [3.63, 3.8) is 0 Å². The highest BCUT2D eigenvalue weighted by Crippen LogP contribution is 2.30. The van der Waals surface area contributed by atoms with Gasteiger partial charge in [0.05, 0.1) is 18.8 Å². The third-order valence-electron chi connectivity index (χ3n) is 5.72. The van der Waals surface area contributed by atoms with E-state index in [1.807, 2.05) is 0 Å². The number of fused-ring (bicyclic) bond motifs is 1. The number of benzene rings is 1. The van der Waals surface area contributed by atoms with E-state index < -0.39 is 0 Å². The molecule has 0 unspecified atom stereocenters. The summed E-state index contributed by atoms with van der Waals surface area (Å²) in [6.45, 7) is 7.14. The Kier molecular flexibility index (Phi) is 5.48. The number of ether oxygens (including phenoxy) is 2. The number of nitrogens with zero attached hydrogens (tertiary/aromatic N) is 2. The van der Waals surface area contributed by atoms with E-state index in [4.69, 9.17) is 9.47 Å². The van der Waals surface area contributed by atoms with Gasteiger partial charge in [-0.05, 0) is 31.2 Å². The zero-order valence-corrected chi connectivity index (χ0v) is 14.6. The largest absolute Gasteiger partial charge is 0.376 e. The molecule has 3 fully saturated rings. The standard InChI is InChI=1S/C20H30N2O2/c1-2-6-17(7-3-1)14-21-10-5-12-23-18(15-21)16-22-11-13-24-20-9-4-8-19(20)22/h1-3,6-7,18-20H,4-5,8-16H2/t18-,19-,20+/m1/s1. The van der Waals surface area contributed by atoms with Crippen molar-refractivity contribution in [2.75, 3.05) is 39.4 Å². The van der Waals surface area contributed by atoms with Crippen LogP contribution in [0.3, 0.4) is 0 Å². The predicted octanol–water partition coefficient (Wildman–Crippen LogP) is 2.53. The van der Waals surface area contributed by atoms with Gasteiger partial charge in [0.2, 0.25) is 0 Å². The quantitative estimate of drug-likeness (QED) is 0.847. The minimum absolute atomic E-state index is 0.329. The maximum absolute atomic E-state index is 6.20. The molecule has 1 aromatic carbocycles. The lowest BCUT2D eigenvalue weighted by molar-refractivity contribution is -0.0756. The molecule has 1 saturated carbocycles. The molecule has 4 rings (SSSR count). The second-order valence-corrected chi connectivity index (χ2v) is 7.47. The van der Waals surface area contributed by atoms with Crippen molar-refractivity contribution in [3.8, 4) is 0 Å². The highest BCUT2D eigenvalue weighted by Gasteiger charge is 2.37. The third-order valence-corrected chi connectivity index (χ3v) is 5.72. The molecule has 0 bridgehead atoms. The van der Waals surface area contributed by atoms with E-state index in [-0.39, 0.29) is 0 Å². The maximum atomic E-state index is 6.20. The van der Waals surface area contributed by atoms with Gasteiger partial charge in [0.15, 0.2) is 0 Å². The predicted molar refractivity (Wildman–Crippen MR) is 95.0 cm³/mol. The fourth-order valence-corrected chi connectivity index (χ4v) is 4.56. The molecule has 24 heavy (non-hydrogen) atoms. The minimum atomic E-state index is 0.329. The van der Waals surface area contributed by atoms with Crippen LogP contribution in [0.2, 0.25) is 0 Å². The van der Waals surface area contributed by atoms with Crippen LogP contribution in [0.25, 0.3) is 0 Å². The molecule has 3 aliphatic rings. The zero-order valence-electron chi connectivity index (χ0n) is 14.6. The first-order valence-electron chi connectivity index (χ1n) is 9.62. The van der Waals surface area contributed by atoms with Gasteiger partial charge in [-0.25, -0.2) is 0 Å². The maximum Gasteiger partial charge on any atom is 0.0828 e. The van der Waals surface area contributed by atoms with E-state index in [2.05, 4.69) is 40.1 Å². The fraction of sp³-hybridized carbons (Fsp3) is 0.700. The van der Waals surface area contributed by atoms with Crippen molar-refractivity contribution in [1.82, 2.24) is 9.80 Å². The van der Waals surface area contributed by atoms with Crippen molar-refractivity contribution in [3.05, 3.63) is 35.9 Å². The van der Waals surface area contributed by atoms with Crippen LogP contribution in [0, 0.1) is 0 Å². The molecular weight excluding hydrogens is 300 g/mol. The average Bonchev–Trinajstić information content (AvgIpc) is 2.99. The summed E-state index contributed by atoms with van der Waals surface area (Å²) in [6.07, 6.45) is 5.80. The van der Waals surface area contributed by atoms with Crippen LogP contribution in [0.4, 0.5) is 0 Å². The highest BCUT2D eigenvalue weighted by atomic mass is 16.5. The molecule has 2 saturated heterocycles. The lowest BCUT2D eigenvalue weighted by Crippen LogP contribution is -2.52. The molecule has 2 heterocycles. The number of hydrogen-bond donors (Lipinski definition) is 0. The van der Waals surface area contributed by atoms with Crippen LogP contribution in [0.15, 0.2) is 30.3 Å². The van der Waals surface area contributed by atoms with Gasteiger partial charge in [-0.1, -0.05) is 30.3 Å². The monoisotopic (exact) mass is 330 g/mol. The molecule has 4 heteroatoms. The van der Waals surface area contributed by atoms with Gasteiger partial charge in [0, 0.05) is 45.4 Å². The van der Waals surface area contributed by atoms with E-state index in [1.165, 1.54) is 24.8 Å². The molecule has 4 nitrogen and oxygen atoms in total. The summed E-state index contributed by atoms with van der Waals surface area (Å²) in [6, 6.07) is 11.4. The van der Waals surface area contributed by atoms with Crippen LogP contribution in [0.1, 0.15) is 31.2 Å². The van der Waals surface area contributed by atoms with Gasteiger partial charge >= 0.3 is 0 Å². The Labute approximate surface area is 145 Å². The van der Waals surface area contributed by atoms with E-state index in [9.17, 15) is 0 Å². The lowest BCUT2D eigenvalue weighted by atomic mass is 10.1. The Hall–Kier alpha value is -0.940. The third kappa shape index (κ3) is 3.99. The summed E-state index contributed by atoms with van der Waals surface area (Å²) >= 11 is 0. The molecule has 0 aromatic heterocycles. The first-order valence-corrected chi connectivity index (χ1v) is 9.62. The molecule has 132 valence electrons. The average molecular weight is 330 g/mol. The molecule has 2 aliphatic heterocycles. The van der Waals surface area contributed by atoms with Gasteiger partial charge in [0.1, 0.15) is 0 Å². The molecule has 3 atom stereocenters. The number of rotatable bonds is 4. The lowest BCUT2D eigenvalue weighted by Gasteiger charge is -2.39. The number of morpholine rings is 1. The Bertz CT molecular complexity index is 510. The van der Waals surface area contributed by atoms with Crippen molar-refractivity contribution >= 4 is 0 Å². The molecular formula is C20H30N2O2. The van der Waals surface area contributed by atoms with Crippen molar-refractivity contribution in [1.29, 1.82) is 0 Å². The van der Waals surface area contributed by atoms with Crippen LogP contribution in [-0.4, -0.2) is 67.4 Å². The summed E-state index contributed by atoms with van der Waals surface area (Å²) in [4.78, 5) is 5.22. The van der Waals surface area contributed by atoms with E-state index >= 15 is 0 Å². The molecule has 1 aliphatic carbocycles. The van der Waals surface area contributed by atoms with Crippen LogP contribution < -0.4 is 0 Å². The Morgan fingerprint density at radius 3 is 2.79 bits per heavy atom. The molecule has 0 amide bonds. The summed E-state index contributed by atoms with van der Waals surface area (Å²) < 4.78 is 12.2. The zero-order chi connectivity index (χ0) is 16.2. The van der Waals surface area contributed by atoms with Crippen LogP contribution >= 0.6 is 0 Å². The summed E-state index contributed by atoms with van der Waals surface area (Å²) in [5.74, 6) is 0. The first kappa shape index (κ1) is 16.5. The van der Waals surface area contributed by atoms with Crippen LogP contribution in [0.5, 0.6) is 0 Å². The van der Waals surface area contributed by atoms with E-state index in [0.29, 0.717) is 18.2 Å². The van der Waals surface area contributed by atoms with Crippen LogP contribution in [-0.2, 0) is 16.0 Å². The molecule has 1 aromatic rings. The van der Waals surface area contributed by atoms with E-state index in [1.54, 1.807) is 0 Å². The van der Waals surface area contributed by atoms with Gasteiger partial charge in [0.25, 0.3) is 0 Å². The van der Waals surface area contributed by atoms with Gasteiger partial charge in [-0.2, -0.15) is 0 Å². The second kappa shape index (κ2) is 7.96. The smallest absolute Gasteiger partial charge is 0.0828 e. The first-order chi connectivity index (χ1) is 11.9. The minimum Gasteiger partial charge on any atom is -0.376 e. The summed E-state index contributed by atoms with van der Waals surface area (Å²) in [7, 11) is 0. The Morgan fingerprint density at radius 2 is 1.88 bits per heavy atom. The molecule has 0 N–H and O–H groups in total. The molecule has 0 radical (unpaired) electrons. The number of hydrogen-bond acceptors (Lipinski definition) is 4. The normalized spacial score (nSPS) is 32.4. The SMILES string of the molecule is c1ccc(CN2CCCO[C@@H](CN3CCO[C@H]4CCC[C@H]43)C2)cc1. The van der Waals surface area contributed by atoms with Gasteiger partial charge in [-0.15, -0.1) is 0 Å². The van der Waals surface area contributed by atoms with E-state index in [0.717, 1.165) is 52.4 Å². The Morgan fingerprint density at radius 1 is 0.958 bits per heavy atom. The topological polar surface area (TPSA) is 24.9 Å². The second-order valence-electron chi connectivity index (χ2n) is 7.47. The van der Waals surface area contributed by atoms with Crippen molar-refractivity contribution in [2.45, 2.75) is 50.5 Å². The Balaban J connectivity index is 1.35. The van der Waals surface area contributed by atoms with Crippen molar-refractivity contribution in [2.24, 2.45) is 0 Å². The molecule has 0 spiro atoms. The van der Waals surface area contributed by atoms with Crippen molar-refractivity contribution < 1.29 is 9.47 Å². The van der Waals surface area contributed by atoms with Gasteiger partial charge < -0.3 is 9.47 Å². The fourth-order valence-electron chi connectivity index (χ4n) is 4.56. The summed E-state index contributed by atoms with van der Waals surface area (Å²) in [5.41, 5.74) is 1.40. The summed E-state index contributed by atoms with van der Waals surface area (Å²) in [5, 5.41) is 0. The van der Waals surface area contributed by atoms with Gasteiger partial charge in [-0.3, -0.25) is 9.80 Å². The highest BCUT2D eigenvalue weighted by molar-refractivity contribution is 5.14.